The van der Waals surface area contributed by atoms with Gasteiger partial charge in [-0.15, -0.1) is 0 Å². The summed E-state index contributed by atoms with van der Waals surface area (Å²) in [7, 11) is -3.89. The third kappa shape index (κ3) is 5.43. The maximum Gasteiger partial charge on any atom is 0.269 e. The fourth-order valence-corrected chi connectivity index (χ4v) is 3.75. The normalized spacial score (nSPS) is 10.8. The molecule has 3 aromatic rings. The summed E-state index contributed by atoms with van der Waals surface area (Å²) in [6, 6.07) is 20.5. The first-order valence-electron chi connectivity index (χ1n) is 8.39. The zero-order valence-electron chi connectivity index (χ0n) is 14.9. The Morgan fingerprint density at radius 1 is 0.724 bits per heavy atom. The number of amides is 2. The summed E-state index contributed by atoms with van der Waals surface area (Å²) in [6.07, 6.45) is 0. The molecule has 0 aliphatic carbocycles. The van der Waals surface area contributed by atoms with Crippen molar-refractivity contribution in [3.8, 4) is 0 Å². The smallest absolute Gasteiger partial charge is 0.269 e. The lowest BCUT2D eigenvalue weighted by atomic mass is 10.2. The Balaban J connectivity index is 1.70. The standard InChI is InChI=1S/C20H16BrN3O4S/c21-16-9-11-17(12-10-16)24-29(27,28)18-8-4-7-15(13-18)20(26)23-22-19(25)14-5-2-1-3-6-14/h1-13,24H,(H,22,25)(H,23,26). The molecule has 3 N–H and O–H groups in total. The van der Waals surface area contributed by atoms with Crippen molar-refractivity contribution >= 4 is 43.5 Å². The van der Waals surface area contributed by atoms with E-state index in [-0.39, 0.29) is 10.5 Å². The van der Waals surface area contributed by atoms with Crippen LogP contribution in [0, 0.1) is 0 Å². The number of halogens is 1. The highest BCUT2D eigenvalue weighted by atomic mass is 79.9. The number of hydrogen-bond donors (Lipinski definition) is 3. The van der Waals surface area contributed by atoms with Crippen molar-refractivity contribution in [3.63, 3.8) is 0 Å². The summed E-state index contributed by atoms with van der Waals surface area (Å²) >= 11 is 3.28. The van der Waals surface area contributed by atoms with Gasteiger partial charge in [0, 0.05) is 21.3 Å². The van der Waals surface area contributed by atoms with Gasteiger partial charge in [0.15, 0.2) is 0 Å². The van der Waals surface area contributed by atoms with Crippen molar-refractivity contribution in [1.82, 2.24) is 10.9 Å². The molecule has 7 nitrogen and oxygen atoms in total. The maximum absolute atomic E-state index is 12.6. The third-order valence-corrected chi connectivity index (χ3v) is 5.74. The Morgan fingerprint density at radius 2 is 1.31 bits per heavy atom. The fraction of sp³-hybridized carbons (Fsp3) is 0. The van der Waals surface area contributed by atoms with Crippen molar-refractivity contribution in [2.24, 2.45) is 0 Å². The minimum Gasteiger partial charge on any atom is -0.280 e. The zero-order chi connectivity index (χ0) is 20.9. The first kappa shape index (κ1) is 20.6. The van der Waals surface area contributed by atoms with Crippen LogP contribution >= 0.6 is 15.9 Å². The van der Waals surface area contributed by atoms with Crippen molar-refractivity contribution < 1.29 is 18.0 Å². The molecule has 3 rings (SSSR count). The highest BCUT2D eigenvalue weighted by molar-refractivity contribution is 9.10. The van der Waals surface area contributed by atoms with E-state index in [9.17, 15) is 18.0 Å². The lowest BCUT2D eigenvalue weighted by molar-refractivity contribution is 0.0846. The minimum atomic E-state index is -3.89. The number of carbonyl (C=O) groups excluding carboxylic acids is 2. The van der Waals surface area contributed by atoms with Gasteiger partial charge in [-0.3, -0.25) is 25.2 Å². The van der Waals surface area contributed by atoms with Gasteiger partial charge in [0.2, 0.25) is 0 Å². The number of hydrazine groups is 1. The number of sulfonamides is 1. The molecule has 9 heteroatoms. The summed E-state index contributed by atoms with van der Waals surface area (Å²) in [6.45, 7) is 0. The Bertz CT molecular complexity index is 1130. The summed E-state index contributed by atoms with van der Waals surface area (Å²) < 4.78 is 28.4. The number of hydrogen-bond acceptors (Lipinski definition) is 4. The average Bonchev–Trinajstić information content (AvgIpc) is 2.74. The molecule has 29 heavy (non-hydrogen) atoms. The van der Waals surface area contributed by atoms with E-state index in [0.29, 0.717) is 11.3 Å². The molecule has 0 saturated heterocycles. The molecule has 148 valence electrons. The molecule has 0 heterocycles. The van der Waals surface area contributed by atoms with E-state index >= 15 is 0 Å². The molecule has 0 spiro atoms. The molecule has 0 saturated carbocycles. The topological polar surface area (TPSA) is 104 Å². The number of benzene rings is 3. The number of nitrogens with one attached hydrogen (secondary N) is 3. The molecule has 0 radical (unpaired) electrons. The highest BCUT2D eigenvalue weighted by Gasteiger charge is 2.17. The van der Waals surface area contributed by atoms with E-state index in [1.165, 1.54) is 24.3 Å². The van der Waals surface area contributed by atoms with E-state index in [4.69, 9.17) is 0 Å². The van der Waals surface area contributed by atoms with Gasteiger partial charge in [-0.05, 0) is 54.6 Å². The molecular weight excluding hydrogens is 458 g/mol. The predicted molar refractivity (Wildman–Crippen MR) is 113 cm³/mol. The van der Waals surface area contributed by atoms with Crippen molar-refractivity contribution in [3.05, 3.63) is 94.5 Å². The van der Waals surface area contributed by atoms with E-state index in [1.807, 2.05) is 0 Å². The van der Waals surface area contributed by atoms with Crippen LogP contribution in [0.15, 0.2) is 88.2 Å². The monoisotopic (exact) mass is 473 g/mol. The summed E-state index contributed by atoms with van der Waals surface area (Å²) in [5.74, 6) is -1.13. The molecule has 0 aromatic heterocycles. The molecule has 0 unspecified atom stereocenters. The van der Waals surface area contributed by atoms with Crippen LogP contribution in [0.3, 0.4) is 0 Å². The summed E-state index contributed by atoms with van der Waals surface area (Å²) in [5, 5.41) is 0. The van der Waals surface area contributed by atoms with Crippen LogP contribution in [0.2, 0.25) is 0 Å². The Labute approximate surface area is 176 Å². The third-order valence-electron chi connectivity index (χ3n) is 3.83. The van der Waals surface area contributed by atoms with Gasteiger partial charge in [0.1, 0.15) is 0 Å². The second kappa shape index (κ2) is 8.89. The second-order valence-corrected chi connectivity index (χ2v) is 8.51. The van der Waals surface area contributed by atoms with Crippen LogP contribution in [-0.2, 0) is 10.0 Å². The van der Waals surface area contributed by atoms with Crippen LogP contribution in [0.5, 0.6) is 0 Å². The molecule has 3 aromatic carbocycles. The van der Waals surface area contributed by atoms with Crippen molar-refractivity contribution in [1.29, 1.82) is 0 Å². The van der Waals surface area contributed by atoms with Gasteiger partial charge >= 0.3 is 0 Å². The lowest BCUT2D eigenvalue weighted by Crippen LogP contribution is -2.41. The van der Waals surface area contributed by atoms with Crippen LogP contribution < -0.4 is 15.6 Å². The zero-order valence-corrected chi connectivity index (χ0v) is 17.3. The van der Waals surface area contributed by atoms with Gasteiger partial charge in [0.25, 0.3) is 21.8 Å². The quantitative estimate of drug-likeness (QED) is 0.494. The second-order valence-electron chi connectivity index (χ2n) is 5.91. The van der Waals surface area contributed by atoms with Crippen LogP contribution in [-0.4, -0.2) is 20.2 Å². The fourth-order valence-electron chi connectivity index (χ4n) is 2.38. The van der Waals surface area contributed by atoms with E-state index in [1.54, 1.807) is 54.6 Å². The van der Waals surface area contributed by atoms with Crippen LogP contribution in [0.4, 0.5) is 5.69 Å². The molecule has 0 bridgehead atoms. The molecule has 0 atom stereocenters. The number of anilines is 1. The first-order chi connectivity index (χ1) is 13.8. The van der Waals surface area contributed by atoms with E-state index in [2.05, 4.69) is 31.5 Å². The Hall–Kier alpha value is -3.17. The number of rotatable bonds is 5. The van der Waals surface area contributed by atoms with Gasteiger partial charge < -0.3 is 0 Å². The van der Waals surface area contributed by atoms with Gasteiger partial charge in [0.05, 0.1) is 4.90 Å². The largest absolute Gasteiger partial charge is 0.280 e. The SMILES string of the molecule is O=C(NNC(=O)c1cccc(S(=O)(=O)Nc2ccc(Br)cc2)c1)c1ccccc1. The van der Waals surface area contributed by atoms with Gasteiger partial charge in [-0.25, -0.2) is 8.42 Å². The van der Waals surface area contributed by atoms with Crippen molar-refractivity contribution in [2.75, 3.05) is 4.72 Å². The first-order valence-corrected chi connectivity index (χ1v) is 10.7. The maximum atomic E-state index is 12.6. The Morgan fingerprint density at radius 3 is 1.97 bits per heavy atom. The van der Waals surface area contributed by atoms with Crippen LogP contribution in [0.1, 0.15) is 20.7 Å². The Kier molecular flexibility index (Phi) is 6.30. The van der Waals surface area contributed by atoms with Gasteiger partial charge in [-0.1, -0.05) is 40.2 Å². The van der Waals surface area contributed by atoms with Gasteiger partial charge in [-0.2, -0.15) is 0 Å². The predicted octanol–water partition coefficient (Wildman–Crippen LogP) is 3.32. The molecule has 0 fully saturated rings. The van der Waals surface area contributed by atoms with Crippen LogP contribution in [0.25, 0.3) is 0 Å². The molecule has 0 aliphatic rings. The molecular formula is C20H16BrN3O4S. The van der Waals surface area contributed by atoms with Crippen molar-refractivity contribution in [2.45, 2.75) is 4.90 Å². The number of carbonyl (C=O) groups is 2. The highest BCUT2D eigenvalue weighted by Crippen LogP contribution is 2.19. The molecule has 2 amide bonds. The van der Waals surface area contributed by atoms with E-state index < -0.39 is 21.8 Å². The minimum absolute atomic E-state index is 0.0806. The van der Waals surface area contributed by atoms with E-state index in [0.717, 1.165) is 4.47 Å². The molecule has 0 aliphatic heterocycles. The lowest BCUT2D eigenvalue weighted by Gasteiger charge is -2.10. The summed E-state index contributed by atoms with van der Waals surface area (Å²) in [4.78, 5) is 24.2. The summed E-state index contributed by atoms with van der Waals surface area (Å²) in [5.41, 5.74) is 5.41. The average molecular weight is 474 g/mol.